The zero-order valence-corrected chi connectivity index (χ0v) is 18.6. The molecule has 0 aliphatic carbocycles. The smallest absolute Gasteiger partial charge is 0.244 e. The van der Waals surface area contributed by atoms with Crippen molar-refractivity contribution in [3.8, 4) is 0 Å². The molecule has 2 heterocycles. The molecule has 0 saturated carbocycles. The molecule has 0 radical (unpaired) electrons. The van der Waals surface area contributed by atoms with Gasteiger partial charge in [-0.15, -0.1) is 0 Å². The molecule has 1 amide bonds. The number of thioether (sulfide) groups is 1. The molecule has 1 aromatic heterocycles. The van der Waals surface area contributed by atoms with E-state index in [0.717, 1.165) is 18.4 Å². The standard InChI is InChI=1S/C21H27N3O4S2/c1-2-6-19(17-7-4-3-5-8-17)23-20(25)16-29-21-10-9-18(15-22-21)30(26,27)24-11-13-28-14-12-24/h3-5,7-10,15,19H,2,6,11-14,16H2,1H3,(H,23,25). The van der Waals surface area contributed by atoms with E-state index in [2.05, 4.69) is 17.2 Å². The SMILES string of the molecule is CCCC(NC(=O)CSc1ccc(S(=O)(=O)N2CCOCC2)cn1)c1ccccc1. The summed E-state index contributed by atoms with van der Waals surface area (Å²) >= 11 is 1.29. The second kappa shape index (κ2) is 10.9. The van der Waals surface area contributed by atoms with Crippen LogP contribution >= 0.6 is 11.8 Å². The number of hydrogen-bond donors (Lipinski definition) is 1. The summed E-state index contributed by atoms with van der Waals surface area (Å²) in [5.41, 5.74) is 1.09. The Morgan fingerprint density at radius 1 is 1.20 bits per heavy atom. The van der Waals surface area contributed by atoms with Crippen LogP contribution in [0.1, 0.15) is 31.4 Å². The minimum absolute atomic E-state index is 0.0155. The molecule has 1 fully saturated rings. The Morgan fingerprint density at radius 2 is 1.93 bits per heavy atom. The van der Waals surface area contributed by atoms with Crippen LogP contribution in [0.25, 0.3) is 0 Å². The number of carbonyl (C=O) groups is 1. The van der Waals surface area contributed by atoms with Gasteiger partial charge in [-0.1, -0.05) is 55.4 Å². The van der Waals surface area contributed by atoms with Gasteiger partial charge in [-0.3, -0.25) is 4.79 Å². The highest BCUT2D eigenvalue weighted by Crippen LogP contribution is 2.22. The topological polar surface area (TPSA) is 88.6 Å². The average molecular weight is 450 g/mol. The van der Waals surface area contributed by atoms with Crippen LogP contribution in [-0.4, -0.2) is 55.7 Å². The quantitative estimate of drug-likeness (QED) is 0.592. The molecule has 162 valence electrons. The van der Waals surface area contributed by atoms with Crippen LogP contribution in [0.2, 0.25) is 0 Å². The molecule has 1 aliphatic heterocycles. The van der Waals surface area contributed by atoms with Gasteiger partial charge >= 0.3 is 0 Å². The number of sulfonamides is 1. The van der Waals surface area contributed by atoms with Gasteiger partial charge in [0.2, 0.25) is 15.9 Å². The fraction of sp³-hybridized carbons (Fsp3) is 0.429. The molecule has 1 N–H and O–H groups in total. The predicted molar refractivity (Wildman–Crippen MR) is 117 cm³/mol. The Balaban J connectivity index is 1.56. The maximum absolute atomic E-state index is 12.6. The summed E-state index contributed by atoms with van der Waals surface area (Å²) in [4.78, 5) is 16.8. The van der Waals surface area contributed by atoms with Gasteiger partial charge in [-0.25, -0.2) is 13.4 Å². The van der Waals surface area contributed by atoms with Crippen LogP contribution in [0.5, 0.6) is 0 Å². The first kappa shape index (κ1) is 22.7. The molecule has 7 nitrogen and oxygen atoms in total. The first-order chi connectivity index (χ1) is 14.5. The van der Waals surface area contributed by atoms with Gasteiger partial charge in [0.15, 0.2) is 0 Å². The fourth-order valence-electron chi connectivity index (χ4n) is 3.21. The molecule has 1 aromatic carbocycles. The van der Waals surface area contributed by atoms with Gasteiger partial charge < -0.3 is 10.1 Å². The third-order valence-electron chi connectivity index (χ3n) is 4.78. The van der Waals surface area contributed by atoms with E-state index in [-0.39, 0.29) is 22.6 Å². The van der Waals surface area contributed by atoms with Crippen molar-refractivity contribution in [3.05, 3.63) is 54.2 Å². The Morgan fingerprint density at radius 3 is 2.57 bits per heavy atom. The lowest BCUT2D eigenvalue weighted by Crippen LogP contribution is -2.40. The summed E-state index contributed by atoms with van der Waals surface area (Å²) in [6.45, 7) is 3.58. The summed E-state index contributed by atoms with van der Waals surface area (Å²) < 4.78 is 31.9. The molecular formula is C21H27N3O4S2. The maximum Gasteiger partial charge on any atom is 0.244 e. The average Bonchev–Trinajstić information content (AvgIpc) is 2.79. The Labute approximate surface area is 182 Å². The number of nitrogens with one attached hydrogen (secondary N) is 1. The zero-order valence-electron chi connectivity index (χ0n) is 17.0. The summed E-state index contributed by atoms with van der Waals surface area (Å²) in [6.07, 6.45) is 3.19. The van der Waals surface area contributed by atoms with E-state index in [4.69, 9.17) is 4.74 Å². The van der Waals surface area contributed by atoms with E-state index in [1.54, 1.807) is 12.1 Å². The summed E-state index contributed by atoms with van der Waals surface area (Å²) in [7, 11) is -3.56. The first-order valence-corrected chi connectivity index (χ1v) is 12.4. The summed E-state index contributed by atoms with van der Waals surface area (Å²) in [5, 5.41) is 3.69. The van der Waals surface area contributed by atoms with Crippen LogP contribution in [0, 0.1) is 0 Å². The lowest BCUT2D eigenvalue weighted by atomic mass is 10.0. The highest BCUT2D eigenvalue weighted by atomic mass is 32.2. The number of hydrogen-bond acceptors (Lipinski definition) is 6. The molecule has 9 heteroatoms. The van der Waals surface area contributed by atoms with E-state index >= 15 is 0 Å². The normalized spacial score (nSPS) is 16.2. The van der Waals surface area contributed by atoms with Crippen molar-refractivity contribution in [1.29, 1.82) is 0 Å². The highest BCUT2D eigenvalue weighted by molar-refractivity contribution is 7.99. The Hall–Kier alpha value is -1.94. The molecule has 0 spiro atoms. The summed E-state index contributed by atoms with van der Waals surface area (Å²) in [5.74, 6) is 0.143. The third kappa shape index (κ3) is 6.04. The molecule has 1 unspecified atom stereocenters. The molecule has 0 bridgehead atoms. The van der Waals surface area contributed by atoms with E-state index in [1.165, 1.54) is 22.3 Å². The van der Waals surface area contributed by atoms with Gasteiger partial charge in [0.05, 0.1) is 30.0 Å². The van der Waals surface area contributed by atoms with Crippen molar-refractivity contribution >= 4 is 27.7 Å². The van der Waals surface area contributed by atoms with Gasteiger partial charge in [-0.05, 0) is 24.1 Å². The van der Waals surface area contributed by atoms with E-state index in [0.29, 0.717) is 31.3 Å². The number of ether oxygens (including phenoxy) is 1. The number of benzene rings is 1. The van der Waals surface area contributed by atoms with Crippen molar-refractivity contribution < 1.29 is 17.9 Å². The van der Waals surface area contributed by atoms with Crippen LogP contribution < -0.4 is 5.32 Å². The number of pyridine rings is 1. The molecule has 30 heavy (non-hydrogen) atoms. The Kier molecular flexibility index (Phi) is 8.26. The number of carbonyl (C=O) groups excluding carboxylic acids is 1. The molecule has 1 aliphatic rings. The van der Waals surface area contributed by atoms with E-state index in [9.17, 15) is 13.2 Å². The summed E-state index contributed by atoms with van der Waals surface area (Å²) in [6, 6.07) is 13.1. The van der Waals surface area contributed by atoms with Gasteiger partial charge in [0.25, 0.3) is 0 Å². The lowest BCUT2D eigenvalue weighted by Gasteiger charge is -2.25. The van der Waals surface area contributed by atoms with Crippen LogP contribution in [0.15, 0.2) is 58.6 Å². The fourth-order valence-corrected chi connectivity index (χ4v) is 5.22. The zero-order chi connectivity index (χ0) is 21.4. The van der Waals surface area contributed by atoms with Gasteiger partial charge in [0, 0.05) is 19.3 Å². The Bertz CT molecular complexity index is 915. The van der Waals surface area contributed by atoms with Gasteiger partial charge in [-0.2, -0.15) is 4.31 Å². The number of aromatic nitrogens is 1. The lowest BCUT2D eigenvalue weighted by molar-refractivity contribution is -0.119. The second-order valence-corrected chi connectivity index (χ2v) is 9.89. The van der Waals surface area contributed by atoms with Crippen LogP contribution in [0.4, 0.5) is 0 Å². The van der Waals surface area contributed by atoms with Crippen molar-refractivity contribution in [3.63, 3.8) is 0 Å². The highest BCUT2D eigenvalue weighted by Gasteiger charge is 2.26. The second-order valence-electron chi connectivity index (χ2n) is 6.96. The van der Waals surface area contributed by atoms with E-state index in [1.807, 2.05) is 30.3 Å². The van der Waals surface area contributed by atoms with Gasteiger partial charge in [0.1, 0.15) is 4.90 Å². The monoisotopic (exact) mass is 449 g/mol. The van der Waals surface area contributed by atoms with Crippen molar-refractivity contribution in [2.75, 3.05) is 32.1 Å². The number of rotatable bonds is 9. The third-order valence-corrected chi connectivity index (χ3v) is 7.61. The molecule has 2 aromatic rings. The van der Waals surface area contributed by atoms with Crippen molar-refractivity contribution in [1.82, 2.24) is 14.6 Å². The van der Waals surface area contributed by atoms with E-state index < -0.39 is 10.0 Å². The van der Waals surface area contributed by atoms with Crippen molar-refractivity contribution in [2.24, 2.45) is 0 Å². The maximum atomic E-state index is 12.6. The predicted octanol–water partition coefficient (Wildman–Crippen LogP) is 2.85. The van der Waals surface area contributed by atoms with Crippen molar-refractivity contribution in [2.45, 2.75) is 35.7 Å². The number of amides is 1. The molecule has 1 saturated heterocycles. The minimum atomic E-state index is -3.56. The molecular weight excluding hydrogens is 422 g/mol. The minimum Gasteiger partial charge on any atom is -0.379 e. The number of nitrogens with zero attached hydrogens (tertiary/aromatic N) is 2. The van der Waals surface area contributed by atoms with Crippen LogP contribution in [0.3, 0.4) is 0 Å². The largest absolute Gasteiger partial charge is 0.379 e. The molecule has 1 atom stereocenters. The van der Waals surface area contributed by atoms with Crippen LogP contribution in [-0.2, 0) is 19.6 Å². The first-order valence-electron chi connectivity index (χ1n) is 10.0. The number of morpholine rings is 1. The molecule has 3 rings (SSSR count).